The molecule has 0 spiro atoms. The van der Waals surface area contributed by atoms with Crippen molar-refractivity contribution < 1.29 is 13.0 Å². The van der Waals surface area contributed by atoms with Crippen molar-refractivity contribution in [3.05, 3.63) is 0 Å². The number of hydrogen-bond donors (Lipinski definition) is 3. The Hall–Kier alpha value is -0.170. The van der Waals surface area contributed by atoms with Gasteiger partial charge in [-0.15, -0.1) is 0 Å². The van der Waals surface area contributed by atoms with E-state index < -0.39 is 21.5 Å². The molecule has 0 aromatic carbocycles. The summed E-state index contributed by atoms with van der Waals surface area (Å²) in [5, 5.41) is -0.651. The second-order valence-corrected chi connectivity index (χ2v) is 5.27. The van der Waals surface area contributed by atoms with Crippen LogP contribution in [0.5, 0.6) is 0 Å². The third-order valence-electron chi connectivity index (χ3n) is 2.31. The Morgan fingerprint density at radius 3 is 2.15 bits per heavy atom. The van der Waals surface area contributed by atoms with Gasteiger partial charge in [-0.05, 0) is 31.6 Å². The Bertz CT molecular complexity index is 259. The maximum Gasteiger partial charge on any atom is 0.268 e. The zero-order valence-corrected chi connectivity index (χ0v) is 8.20. The van der Waals surface area contributed by atoms with Gasteiger partial charge in [0.05, 0.1) is 11.4 Å². The molecule has 0 radical (unpaired) electrons. The summed E-state index contributed by atoms with van der Waals surface area (Å²) in [6.45, 7) is 0. The molecule has 0 aromatic rings. The maximum atomic E-state index is 10.9. The molecule has 0 saturated heterocycles. The van der Waals surface area contributed by atoms with E-state index in [1.54, 1.807) is 0 Å². The summed E-state index contributed by atoms with van der Waals surface area (Å²) >= 11 is 0. The van der Waals surface area contributed by atoms with Gasteiger partial charge in [-0.2, -0.15) is 8.42 Å². The van der Waals surface area contributed by atoms with E-state index in [0.29, 0.717) is 12.8 Å². The summed E-state index contributed by atoms with van der Waals surface area (Å²) < 4.78 is 30.7. The van der Waals surface area contributed by atoms with Gasteiger partial charge in [-0.1, -0.05) is 0 Å². The molecule has 1 saturated carbocycles. The third kappa shape index (κ3) is 3.60. The monoisotopic (exact) mass is 208 g/mol. The SMILES string of the molecule is NC(N)CCC(C1CC1)S(=O)(=O)O. The number of hydrogen-bond acceptors (Lipinski definition) is 4. The van der Waals surface area contributed by atoms with Crippen LogP contribution in [0.1, 0.15) is 25.7 Å². The van der Waals surface area contributed by atoms with E-state index in [4.69, 9.17) is 16.0 Å². The van der Waals surface area contributed by atoms with Crippen LogP contribution in [0, 0.1) is 5.92 Å². The van der Waals surface area contributed by atoms with Gasteiger partial charge >= 0.3 is 0 Å². The first kappa shape index (κ1) is 10.9. The standard InChI is InChI=1S/C7H16N2O3S/c8-7(9)4-3-6(5-1-2-5)13(10,11)12/h5-7H,1-4,8-9H2,(H,10,11,12). The summed E-state index contributed by atoms with van der Waals surface area (Å²) in [7, 11) is -3.91. The van der Waals surface area contributed by atoms with Gasteiger partial charge in [0.2, 0.25) is 0 Å². The Labute approximate surface area is 78.2 Å². The minimum absolute atomic E-state index is 0.119. The molecule has 0 aliphatic heterocycles. The van der Waals surface area contributed by atoms with Crippen molar-refractivity contribution in [2.24, 2.45) is 17.4 Å². The van der Waals surface area contributed by atoms with Crippen LogP contribution in [0.2, 0.25) is 0 Å². The largest absolute Gasteiger partial charge is 0.316 e. The van der Waals surface area contributed by atoms with Gasteiger partial charge < -0.3 is 11.5 Å². The molecular weight excluding hydrogens is 192 g/mol. The van der Waals surface area contributed by atoms with Crippen molar-refractivity contribution in [3.8, 4) is 0 Å². The summed E-state index contributed by atoms with van der Waals surface area (Å²) in [4.78, 5) is 0. The van der Waals surface area contributed by atoms with E-state index in [1.165, 1.54) is 0 Å². The molecule has 6 heteroatoms. The van der Waals surface area contributed by atoms with Crippen LogP contribution in [0.25, 0.3) is 0 Å². The summed E-state index contributed by atoms with van der Waals surface area (Å²) in [6, 6.07) is 0. The fourth-order valence-corrected chi connectivity index (χ4v) is 2.65. The first-order chi connectivity index (χ1) is 5.91. The van der Waals surface area contributed by atoms with Crippen LogP contribution in [0.4, 0.5) is 0 Å². The van der Waals surface area contributed by atoms with Crippen LogP contribution in [0.15, 0.2) is 0 Å². The van der Waals surface area contributed by atoms with Gasteiger partial charge in [0.15, 0.2) is 0 Å². The lowest BCUT2D eigenvalue weighted by Gasteiger charge is -2.13. The molecule has 5 nitrogen and oxygen atoms in total. The van der Waals surface area contributed by atoms with Crippen LogP contribution in [-0.2, 0) is 10.1 Å². The van der Waals surface area contributed by atoms with Gasteiger partial charge in [0, 0.05) is 0 Å². The molecule has 1 rings (SSSR count). The van der Waals surface area contributed by atoms with Crippen molar-refractivity contribution in [3.63, 3.8) is 0 Å². The molecule has 0 amide bonds. The maximum absolute atomic E-state index is 10.9. The van der Waals surface area contributed by atoms with Crippen molar-refractivity contribution in [1.29, 1.82) is 0 Å². The predicted molar refractivity (Wildman–Crippen MR) is 49.5 cm³/mol. The molecule has 0 aromatic heterocycles. The molecule has 1 fully saturated rings. The third-order valence-corrected chi connectivity index (χ3v) is 3.70. The predicted octanol–water partition coefficient (Wildman–Crippen LogP) is -0.324. The van der Waals surface area contributed by atoms with E-state index >= 15 is 0 Å². The molecule has 0 heterocycles. The zero-order chi connectivity index (χ0) is 10.1. The van der Waals surface area contributed by atoms with Crippen molar-refractivity contribution in [1.82, 2.24) is 0 Å². The minimum atomic E-state index is -3.91. The minimum Gasteiger partial charge on any atom is -0.316 e. The average Bonchev–Trinajstić information content (AvgIpc) is 2.67. The van der Waals surface area contributed by atoms with Gasteiger partial charge in [0.25, 0.3) is 10.1 Å². The normalized spacial score (nSPS) is 20.6. The topological polar surface area (TPSA) is 106 Å². The highest BCUT2D eigenvalue weighted by Gasteiger charge is 2.38. The molecule has 5 N–H and O–H groups in total. The highest BCUT2D eigenvalue weighted by molar-refractivity contribution is 7.86. The number of rotatable bonds is 5. The molecule has 78 valence electrons. The lowest BCUT2D eigenvalue weighted by Crippen LogP contribution is -2.33. The highest BCUT2D eigenvalue weighted by atomic mass is 32.2. The molecule has 0 bridgehead atoms. The molecule has 1 aliphatic carbocycles. The first-order valence-corrected chi connectivity index (χ1v) is 5.89. The second-order valence-electron chi connectivity index (χ2n) is 3.63. The van der Waals surface area contributed by atoms with E-state index in [2.05, 4.69) is 0 Å². The van der Waals surface area contributed by atoms with Crippen molar-refractivity contribution >= 4 is 10.1 Å². The fraction of sp³-hybridized carbons (Fsp3) is 1.00. The van der Waals surface area contributed by atoms with Crippen LogP contribution in [-0.4, -0.2) is 24.4 Å². The fourth-order valence-electron chi connectivity index (χ4n) is 1.45. The zero-order valence-electron chi connectivity index (χ0n) is 7.39. The van der Waals surface area contributed by atoms with Crippen molar-refractivity contribution in [2.45, 2.75) is 37.1 Å². The summed E-state index contributed by atoms with van der Waals surface area (Å²) in [6.07, 6.45) is 2.06. The molecule has 1 atom stereocenters. The van der Waals surface area contributed by atoms with Crippen LogP contribution >= 0.6 is 0 Å². The second kappa shape index (κ2) is 3.91. The van der Waals surface area contributed by atoms with Gasteiger partial charge in [-0.3, -0.25) is 4.55 Å². The van der Waals surface area contributed by atoms with Crippen molar-refractivity contribution in [2.75, 3.05) is 0 Å². The smallest absolute Gasteiger partial charge is 0.268 e. The molecule has 1 unspecified atom stereocenters. The molecular formula is C7H16N2O3S. The van der Waals surface area contributed by atoms with Gasteiger partial charge in [0.1, 0.15) is 0 Å². The Morgan fingerprint density at radius 2 is 1.85 bits per heavy atom. The Morgan fingerprint density at radius 1 is 1.31 bits per heavy atom. The number of nitrogens with two attached hydrogens (primary N) is 2. The van der Waals surface area contributed by atoms with E-state index in [9.17, 15) is 8.42 Å². The summed E-state index contributed by atoms with van der Waals surface area (Å²) in [5.74, 6) is 0.119. The van der Waals surface area contributed by atoms with E-state index in [-0.39, 0.29) is 5.92 Å². The van der Waals surface area contributed by atoms with E-state index in [1.807, 2.05) is 0 Å². The average molecular weight is 208 g/mol. The lowest BCUT2D eigenvalue weighted by molar-refractivity contribution is 0.443. The van der Waals surface area contributed by atoms with Crippen LogP contribution < -0.4 is 11.5 Å². The van der Waals surface area contributed by atoms with Gasteiger partial charge in [-0.25, -0.2) is 0 Å². The lowest BCUT2D eigenvalue weighted by atomic mass is 10.1. The molecule has 1 aliphatic rings. The highest BCUT2D eigenvalue weighted by Crippen LogP contribution is 2.37. The van der Waals surface area contributed by atoms with E-state index in [0.717, 1.165) is 12.8 Å². The quantitative estimate of drug-likeness (QED) is 0.424. The Balaban J connectivity index is 2.49. The first-order valence-electron chi connectivity index (χ1n) is 4.38. The van der Waals surface area contributed by atoms with Crippen LogP contribution in [0.3, 0.4) is 0 Å². The summed E-state index contributed by atoms with van der Waals surface area (Å²) in [5.41, 5.74) is 10.6. The molecule has 13 heavy (non-hydrogen) atoms. The Kier molecular flexibility index (Phi) is 3.28.